The van der Waals surface area contributed by atoms with Crippen LogP contribution in [-0.2, 0) is 14.8 Å². The molecule has 0 saturated carbocycles. The van der Waals surface area contributed by atoms with Crippen molar-refractivity contribution in [3.8, 4) is 5.75 Å². The second-order valence-electron chi connectivity index (χ2n) is 8.25. The van der Waals surface area contributed by atoms with Crippen molar-refractivity contribution in [3.05, 3.63) is 53.6 Å². The van der Waals surface area contributed by atoms with Crippen molar-refractivity contribution in [2.45, 2.75) is 24.7 Å². The van der Waals surface area contributed by atoms with E-state index in [1.165, 1.54) is 20.2 Å². The Hall–Kier alpha value is -2.95. The summed E-state index contributed by atoms with van der Waals surface area (Å²) < 4.78 is 32.0. The number of carbonyl (C=O) groups is 2. The number of rotatable bonds is 12. The summed E-state index contributed by atoms with van der Waals surface area (Å²) in [6.45, 7) is 3.19. The monoisotopic (exact) mass is 490 g/mol. The Bertz CT molecular complexity index is 1090. The summed E-state index contributed by atoms with van der Waals surface area (Å²) in [4.78, 5) is 26.8. The van der Waals surface area contributed by atoms with Gasteiger partial charge in [0, 0.05) is 37.8 Å². The second kappa shape index (κ2) is 12.5. The number of sulfonamides is 1. The van der Waals surface area contributed by atoms with Crippen molar-refractivity contribution < 1.29 is 22.7 Å². The van der Waals surface area contributed by atoms with Crippen molar-refractivity contribution in [1.29, 1.82) is 0 Å². The highest BCUT2D eigenvalue weighted by Gasteiger charge is 2.23. The molecule has 0 aliphatic carbocycles. The number of anilines is 1. The SMILES string of the molecule is COc1ccc(S(=O)(=O)N(C)CCC(=O)Nc2ccc(C(=O)NCCCN(C)C)cc2)c(C)c1. The molecule has 34 heavy (non-hydrogen) atoms. The lowest BCUT2D eigenvalue weighted by molar-refractivity contribution is -0.116. The molecule has 0 unspecified atom stereocenters. The summed E-state index contributed by atoms with van der Waals surface area (Å²) in [5, 5.41) is 5.59. The van der Waals surface area contributed by atoms with Crippen molar-refractivity contribution >= 4 is 27.5 Å². The van der Waals surface area contributed by atoms with E-state index in [1.807, 2.05) is 14.1 Å². The van der Waals surface area contributed by atoms with E-state index in [9.17, 15) is 18.0 Å². The first-order chi connectivity index (χ1) is 16.0. The number of hydrogen-bond acceptors (Lipinski definition) is 6. The maximum atomic E-state index is 12.9. The van der Waals surface area contributed by atoms with Gasteiger partial charge in [-0.15, -0.1) is 0 Å². The number of aryl methyl sites for hydroxylation is 1. The Kier molecular flexibility index (Phi) is 10.0. The van der Waals surface area contributed by atoms with E-state index in [0.717, 1.165) is 17.3 Å². The average Bonchev–Trinajstić information content (AvgIpc) is 2.80. The number of hydrogen-bond donors (Lipinski definition) is 2. The minimum atomic E-state index is -3.74. The van der Waals surface area contributed by atoms with Gasteiger partial charge in [-0.1, -0.05) is 0 Å². The van der Waals surface area contributed by atoms with E-state index in [1.54, 1.807) is 43.3 Å². The largest absolute Gasteiger partial charge is 0.497 e. The van der Waals surface area contributed by atoms with Crippen LogP contribution in [0.25, 0.3) is 0 Å². The zero-order valence-electron chi connectivity index (χ0n) is 20.4. The molecule has 9 nitrogen and oxygen atoms in total. The van der Waals surface area contributed by atoms with Gasteiger partial charge >= 0.3 is 0 Å². The van der Waals surface area contributed by atoms with Crippen LogP contribution < -0.4 is 15.4 Å². The van der Waals surface area contributed by atoms with E-state index in [2.05, 4.69) is 15.5 Å². The van der Waals surface area contributed by atoms with Gasteiger partial charge in [0.15, 0.2) is 0 Å². The number of methoxy groups -OCH3 is 1. The van der Waals surface area contributed by atoms with Gasteiger partial charge < -0.3 is 20.3 Å². The summed E-state index contributed by atoms with van der Waals surface area (Å²) in [6.07, 6.45) is 0.841. The van der Waals surface area contributed by atoms with Crippen LogP contribution in [0.4, 0.5) is 5.69 Å². The molecule has 10 heteroatoms. The number of nitrogens with zero attached hydrogens (tertiary/aromatic N) is 2. The van der Waals surface area contributed by atoms with Crippen LogP contribution in [0.2, 0.25) is 0 Å². The quantitative estimate of drug-likeness (QED) is 0.442. The Balaban J connectivity index is 1.87. The molecule has 0 fully saturated rings. The first-order valence-corrected chi connectivity index (χ1v) is 12.4. The zero-order chi connectivity index (χ0) is 25.3. The predicted octanol–water partition coefficient (Wildman–Crippen LogP) is 2.33. The maximum Gasteiger partial charge on any atom is 0.251 e. The highest BCUT2D eigenvalue weighted by atomic mass is 32.2. The van der Waals surface area contributed by atoms with E-state index in [4.69, 9.17) is 4.74 Å². The van der Waals surface area contributed by atoms with Crippen molar-refractivity contribution in [2.75, 3.05) is 53.2 Å². The zero-order valence-corrected chi connectivity index (χ0v) is 21.2. The van der Waals surface area contributed by atoms with Crippen LogP contribution in [0.15, 0.2) is 47.4 Å². The maximum absolute atomic E-state index is 12.9. The van der Waals surface area contributed by atoms with Crippen LogP contribution in [0, 0.1) is 6.92 Å². The molecule has 0 bridgehead atoms. The summed E-state index contributed by atoms with van der Waals surface area (Å²) in [5.74, 6) is 0.0815. The normalized spacial score (nSPS) is 11.5. The van der Waals surface area contributed by atoms with Gasteiger partial charge in [-0.2, -0.15) is 0 Å². The number of ether oxygens (including phenoxy) is 1. The third-order valence-corrected chi connectivity index (χ3v) is 7.24. The van der Waals surface area contributed by atoms with E-state index in [0.29, 0.717) is 29.1 Å². The highest BCUT2D eigenvalue weighted by Crippen LogP contribution is 2.23. The molecule has 2 rings (SSSR count). The summed E-state index contributed by atoms with van der Waals surface area (Å²) in [6, 6.07) is 11.3. The van der Waals surface area contributed by atoms with Gasteiger partial charge in [0.05, 0.1) is 12.0 Å². The minimum Gasteiger partial charge on any atom is -0.497 e. The number of benzene rings is 2. The van der Waals surface area contributed by atoms with E-state index in [-0.39, 0.29) is 29.7 Å². The number of amides is 2. The Morgan fingerprint density at radius 1 is 1.00 bits per heavy atom. The van der Waals surface area contributed by atoms with Crippen LogP contribution in [0.5, 0.6) is 5.75 Å². The van der Waals surface area contributed by atoms with Crippen molar-refractivity contribution in [1.82, 2.24) is 14.5 Å². The molecule has 2 aromatic rings. The van der Waals surface area contributed by atoms with E-state index < -0.39 is 10.0 Å². The Morgan fingerprint density at radius 3 is 2.26 bits per heavy atom. The van der Waals surface area contributed by atoms with Crippen molar-refractivity contribution in [2.24, 2.45) is 0 Å². The highest BCUT2D eigenvalue weighted by molar-refractivity contribution is 7.89. The topological polar surface area (TPSA) is 108 Å². The fraction of sp³-hybridized carbons (Fsp3) is 0.417. The first-order valence-electron chi connectivity index (χ1n) is 11.0. The molecule has 186 valence electrons. The smallest absolute Gasteiger partial charge is 0.251 e. The van der Waals surface area contributed by atoms with Crippen LogP contribution in [-0.4, -0.2) is 77.3 Å². The van der Waals surface area contributed by atoms with Crippen LogP contribution >= 0.6 is 0 Å². The molecular weight excluding hydrogens is 456 g/mol. The summed E-state index contributed by atoms with van der Waals surface area (Å²) >= 11 is 0. The molecule has 0 heterocycles. The van der Waals surface area contributed by atoms with E-state index >= 15 is 0 Å². The average molecular weight is 491 g/mol. The predicted molar refractivity (Wildman–Crippen MR) is 133 cm³/mol. The lowest BCUT2D eigenvalue weighted by atomic mass is 10.2. The lowest BCUT2D eigenvalue weighted by Gasteiger charge is -2.18. The van der Waals surface area contributed by atoms with Gasteiger partial charge in [-0.05, 0) is 82.0 Å². The standard InChI is InChI=1S/C24H34N4O5S/c1-18-17-21(33-5)11-12-22(18)34(31,32)28(4)16-13-23(29)26-20-9-7-19(8-10-20)24(30)25-14-6-15-27(2)3/h7-12,17H,6,13-16H2,1-5H3,(H,25,30)(H,26,29). The molecule has 0 aliphatic rings. The van der Waals surface area contributed by atoms with Gasteiger partial charge in [-0.25, -0.2) is 12.7 Å². The first kappa shape index (κ1) is 27.3. The third kappa shape index (κ3) is 7.82. The molecule has 2 N–H and O–H groups in total. The molecule has 0 radical (unpaired) electrons. The summed E-state index contributed by atoms with van der Waals surface area (Å²) in [7, 11) is 3.18. The molecule has 2 aromatic carbocycles. The molecular formula is C24H34N4O5S. The summed E-state index contributed by atoms with van der Waals surface area (Å²) in [5.41, 5.74) is 1.60. The van der Waals surface area contributed by atoms with Gasteiger partial charge in [-0.3, -0.25) is 9.59 Å². The molecule has 0 aromatic heterocycles. The minimum absolute atomic E-state index is 0.0148. The number of carbonyl (C=O) groups excluding carboxylic acids is 2. The molecule has 0 spiro atoms. The Morgan fingerprint density at radius 2 is 1.68 bits per heavy atom. The molecule has 0 atom stereocenters. The van der Waals surface area contributed by atoms with Gasteiger partial charge in [0.25, 0.3) is 5.91 Å². The molecule has 0 saturated heterocycles. The van der Waals surface area contributed by atoms with Gasteiger partial charge in [0.1, 0.15) is 5.75 Å². The Labute approximate surface area is 202 Å². The molecule has 2 amide bonds. The molecule has 0 aliphatic heterocycles. The van der Waals surface area contributed by atoms with Crippen molar-refractivity contribution in [3.63, 3.8) is 0 Å². The van der Waals surface area contributed by atoms with Crippen LogP contribution in [0.3, 0.4) is 0 Å². The fourth-order valence-corrected chi connectivity index (χ4v) is 4.59. The lowest BCUT2D eigenvalue weighted by Crippen LogP contribution is -2.30. The number of nitrogens with one attached hydrogen (secondary N) is 2. The van der Waals surface area contributed by atoms with Crippen LogP contribution in [0.1, 0.15) is 28.8 Å². The van der Waals surface area contributed by atoms with Gasteiger partial charge in [0.2, 0.25) is 15.9 Å². The second-order valence-corrected chi connectivity index (χ2v) is 10.3. The fourth-order valence-electron chi connectivity index (χ4n) is 3.21. The third-order valence-electron chi connectivity index (χ3n) is 5.22.